The smallest absolute Gasteiger partial charge is 0.0377 e. The van der Waals surface area contributed by atoms with Crippen molar-refractivity contribution in [2.75, 3.05) is 0 Å². The van der Waals surface area contributed by atoms with E-state index in [1.165, 1.54) is 5.57 Å². The van der Waals surface area contributed by atoms with Crippen LogP contribution in [0, 0.1) is 5.41 Å². The fourth-order valence-electron chi connectivity index (χ4n) is 1.11. The van der Waals surface area contributed by atoms with Crippen molar-refractivity contribution in [2.45, 2.75) is 45.9 Å². The molecule has 0 amide bonds. The van der Waals surface area contributed by atoms with Gasteiger partial charge in [-0.2, -0.15) is 0 Å². The molecular formula is C10H19Cl. The topological polar surface area (TPSA) is 0 Å². The molecule has 0 aromatic carbocycles. The average Bonchev–Trinajstić information content (AvgIpc) is 1.53. The lowest BCUT2D eigenvalue weighted by molar-refractivity contribution is 0.369. The first-order valence-electron chi connectivity index (χ1n) is 4.10. The number of hydrogen-bond donors (Lipinski definition) is 0. The molecule has 1 heteroatoms. The second-order valence-electron chi connectivity index (χ2n) is 4.52. The van der Waals surface area contributed by atoms with Crippen LogP contribution in [0.25, 0.3) is 0 Å². The van der Waals surface area contributed by atoms with Crippen LogP contribution in [0.5, 0.6) is 0 Å². The number of halogens is 1. The van der Waals surface area contributed by atoms with E-state index in [1.807, 2.05) is 6.92 Å². The van der Waals surface area contributed by atoms with Crippen LogP contribution in [0.2, 0.25) is 0 Å². The maximum atomic E-state index is 6.10. The van der Waals surface area contributed by atoms with Crippen molar-refractivity contribution in [3.8, 4) is 0 Å². The Morgan fingerprint density at radius 1 is 1.45 bits per heavy atom. The lowest BCUT2D eigenvalue weighted by atomic mass is 9.89. The summed E-state index contributed by atoms with van der Waals surface area (Å²) in [5, 5.41) is 0.257. The third kappa shape index (κ3) is 7.93. The number of hydrogen-bond acceptors (Lipinski definition) is 0. The Hall–Kier alpha value is 0.0300. The molecule has 0 bridgehead atoms. The molecule has 0 aliphatic carbocycles. The van der Waals surface area contributed by atoms with Gasteiger partial charge in [-0.3, -0.25) is 0 Å². The maximum Gasteiger partial charge on any atom is 0.0377 e. The van der Waals surface area contributed by atoms with Crippen molar-refractivity contribution in [1.29, 1.82) is 0 Å². The van der Waals surface area contributed by atoms with Crippen molar-refractivity contribution in [3.05, 3.63) is 12.2 Å². The van der Waals surface area contributed by atoms with Crippen molar-refractivity contribution in [3.63, 3.8) is 0 Å². The molecule has 0 radical (unpaired) electrons. The highest BCUT2D eigenvalue weighted by Gasteiger charge is 2.16. The third-order valence-electron chi connectivity index (χ3n) is 1.40. The highest BCUT2D eigenvalue weighted by atomic mass is 35.5. The summed E-state index contributed by atoms with van der Waals surface area (Å²) in [6.07, 6.45) is 2.00. The third-order valence-corrected chi connectivity index (χ3v) is 1.71. The molecule has 1 unspecified atom stereocenters. The van der Waals surface area contributed by atoms with Crippen molar-refractivity contribution < 1.29 is 0 Å². The molecule has 0 N–H and O–H groups in total. The lowest BCUT2D eigenvalue weighted by Crippen LogP contribution is -2.13. The van der Waals surface area contributed by atoms with Crippen LogP contribution >= 0.6 is 11.6 Å². The van der Waals surface area contributed by atoms with Gasteiger partial charge in [-0.1, -0.05) is 26.3 Å². The van der Waals surface area contributed by atoms with E-state index in [0.29, 0.717) is 5.41 Å². The molecule has 11 heavy (non-hydrogen) atoms. The first-order valence-corrected chi connectivity index (χ1v) is 4.53. The summed E-state index contributed by atoms with van der Waals surface area (Å²) < 4.78 is 0. The number of rotatable bonds is 3. The van der Waals surface area contributed by atoms with Gasteiger partial charge in [0.25, 0.3) is 0 Å². The number of alkyl halides is 1. The fraction of sp³-hybridized carbons (Fsp3) is 0.800. The van der Waals surface area contributed by atoms with Crippen LogP contribution in [0.1, 0.15) is 40.5 Å². The normalized spacial score (nSPS) is 14.6. The van der Waals surface area contributed by atoms with Gasteiger partial charge in [0.1, 0.15) is 0 Å². The van der Waals surface area contributed by atoms with E-state index >= 15 is 0 Å². The first-order chi connectivity index (χ1) is 4.81. The zero-order valence-electron chi connectivity index (χ0n) is 8.08. The summed E-state index contributed by atoms with van der Waals surface area (Å²) in [5.41, 5.74) is 1.51. The standard InChI is InChI=1S/C10H19Cl/c1-8(2)6-9(11)7-10(3,4)5/h9H,1,6-7H2,2-5H3. The van der Waals surface area contributed by atoms with Gasteiger partial charge in [0.2, 0.25) is 0 Å². The van der Waals surface area contributed by atoms with Crippen molar-refractivity contribution in [2.24, 2.45) is 5.41 Å². The average molecular weight is 175 g/mol. The van der Waals surface area contributed by atoms with Crippen molar-refractivity contribution >= 4 is 11.6 Å². The molecule has 0 fully saturated rings. The van der Waals surface area contributed by atoms with E-state index < -0.39 is 0 Å². The predicted molar refractivity (Wildman–Crippen MR) is 53.1 cm³/mol. The molecule has 0 spiro atoms. The molecule has 0 saturated carbocycles. The highest BCUT2D eigenvalue weighted by molar-refractivity contribution is 6.20. The minimum absolute atomic E-state index is 0.257. The van der Waals surface area contributed by atoms with Gasteiger partial charge in [0.05, 0.1) is 0 Å². The van der Waals surface area contributed by atoms with Gasteiger partial charge in [0.15, 0.2) is 0 Å². The highest BCUT2D eigenvalue weighted by Crippen LogP contribution is 2.26. The molecule has 0 nitrogen and oxygen atoms in total. The molecule has 0 heterocycles. The Kier molecular flexibility index (Phi) is 4.17. The van der Waals surface area contributed by atoms with Gasteiger partial charge in [-0.25, -0.2) is 0 Å². The van der Waals surface area contributed by atoms with Crippen LogP contribution in [0.15, 0.2) is 12.2 Å². The Morgan fingerprint density at radius 3 is 2.18 bits per heavy atom. The van der Waals surface area contributed by atoms with Crippen LogP contribution in [-0.2, 0) is 0 Å². The monoisotopic (exact) mass is 174 g/mol. The maximum absolute atomic E-state index is 6.10. The summed E-state index contributed by atoms with van der Waals surface area (Å²) in [7, 11) is 0. The summed E-state index contributed by atoms with van der Waals surface area (Å²) in [6, 6.07) is 0. The minimum atomic E-state index is 0.257. The minimum Gasteiger partial charge on any atom is -0.123 e. The summed E-state index contributed by atoms with van der Waals surface area (Å²) in [6.45, 7) is 12.5. The van der Waals surface area contributed by atoms with Gasteiger partial charge in [-0.15, -0.1) is 18.2 Å². The number of allylic oxidation sites excluding steroid dienone is 1. The van der Waals surface area contributed by atoms with Crippen molar-refractivity contribution in [1.82, 2.24) is 0 Å². The Labute approximate surface area is 75.6 Å². The molecule has 0 saturated heterocycles. The first kappa shape index (κ1) is 11.0. The van der Waals surface area contributed by atoms with Gasteiger partial charge in [0, 0.05) is 5.38 Å². The van der Waals surface area contributed by atoms with Gasteiger partial charge >= 0.3 is 0 Å². The molecule has 0 aromatic heterocycles. The summed E-state index contributed by atoms with van der Waals surface area (Å²) in [4.78, 5) is 0. The van der Waals surface area contributed by atoms with Gasteiger partial charge < -0.3 is 0 Å². The van der Waals surface area contributed by atoms with E-state index in [-0.39, 0.29) is 5.38 Å². The van der Waals surface area contributed by atoms with E-state index in [4.69, 9.17) is 11.6 Å². The zero-order chi connectivity index (χ0) is 9.07. The molecule has 0 aliphatic rings. The summed E-state index contributed by atoms with van der Waals surface area (Å²) >= 11 is 6.10. The molecule has 0 aromatic rings. The quantitative estimate of drug-likeness (QED) is 0.448. The molecule has 0 rings (SSSR count). The Morgan fingerprint density at radius 2 is 1.91 bits per heavy atom. The van der Waals surface area contributed by atoms with Crippen LogP contribution in [0.3, 0.4) is 0 Å². The van der Waals surface area contributed by atoms with Crippen LogP contribution < -0.4 is 0 Å². The van der Waals surface area contributed by atoms with E-state index in [2.05, 4.69) is 27.4 Å². The van der Waals surface area contributed by atoms with E-state index in [9.17, 15) is 0 Å². The van der Waals surface area contributed by atoms with Gasteiger partial charge in [-0.05, 0) is 25.2 Å². The van der Waals surface area contributed by atoms with Crippen LogP contribution in [0.4, 0.5) is 0 Å². The zero-order valence-corrected chi connectivity index (χ0v) is 8.83. The summed E-state index contributed by atoms with van der Waals surface area (Å²) in [5.74, 6) is 0. The Bertz CT molecular complexity index is 130. The molecular weight excluding hydrogens is 156 g/mol. The van der Waals surface area contributed by atoms with E-state index in [0.717, 1.165) is 12.8 Å². The lowest BCUT2D eigenvalue weighted by Gasteiger charge is -2.21. The second kappa shape index (κ2) is 4.15. The molecule has 66 valence electrons. The molecule has 1 atom stereocenters. The van der Waals surface area contributed by atoms with Crippen LogP contribution in [-0.4, -0.2) is 5.38 Å². The fourth-order valence-corrected chi connectivity index (χ4v) is 1.84. The second-order valence-corrected chi connectivity index (χ2v) is 5.14. The molecule has 0 aliphatic heterocycles. The largest absolute Gasteiger partial charge is 0.123 e. The predicted octanol–water partition coefficient (Wildman–Crippen LogP) is 4.00. The Balaban J connectivity index is 3.69. The van der Waals surface area contributed by atoms with E-state index in [1.54, 1.807) is 0 Å². The SMILES string of the molecule is C=C(C)CC(Cl)CC(C)(C)C.